The van der Waals surface area contributed by atoms with Crippen LogP contribution in [0.1, 0.15) is 37.3 Å². The van der Waals surface area contributed by atoms with Gasteiger partial charge in [0.15, 0.2) is 0 Å². The lowest BCUT2D eigenvalue weighted by Gasteiger charge is -2.32. The Balaban J connectivity index is 1.83. The molecule has 4 rings (SSSR count). The van der Waals surface area contributed by atoms with Crippen LogP contribution in [0.25, 0.3) is 0 Å². The second kappa shape index (κ2) is 4.08. The molecule has 2 atom stereocenters. The van der Waals surface area contributed by atoms with Crippen molar-refractivity contribution in [2.45, 2.75) is 37.8 Å². The predicted molar refractivity (Wildman–Crippen MR) is 76.9 cm³/mol. The fourth-order valence-corrected chi connectivity index (χ4v) is 3.47. The van der Waals surface area contributed by atoms with E-state index in [4.69, 9.17) is 10.7 Å². The summed E-state index contributed by atoms with van der Waals surface area (Å²) in [5.41, 5.74) is 8.44. The summed E-state index contributed by atoms with van der Waals surface area (Å²) < 4.78 is 0. The van der Waals surface area contributed by atoms with Crippen LogP contribution in [0.2, 0.25) is 0 Å². The molecule has 2 N–H and O–H groups in total. The number of nitrogens with two attached hydrogens (primary N) is 1. The molecule has 3 aliphatic heterocycles. The largest absolute Gasteiger partial charge is 0.385 e. The fourth-order valence-electron chi connectivity index (χ4n) is 3.47. The number of nitrogens with zero attached hydrogens (tertiary/aromatic N) is 3. The lowest BCUT2D eigenvalue weighted by Crippen LogP contribution is -2.40. The molecule has 0 aliphatic carbocycles. The quantitative estimate of drug-likeness (QED) is 0.773. The van der Waals surface area contributed by atoms with E-state index in [9.17, 15) is 0 Å². The Bertz CT molecular complexity index is 575. The zero-order chi connectivity index (χ0) is 12.8. The highest BCUT2D eigenvalue weighted by atomic mass is 15.3. The van der Waals surface area contributed by atoms with Crippen molar-refractivity contribution < 1.29 is 0 Å². The Labute approximate surface area is 113 Å². The Kier molecular flexibility index (Phi) is 2.37. The van der Waals surface area contributed by atoms with E-state index in [0.29, 0.717) is 5.84 Å². The summed E-state index contributed by atoms with van der Waals surface area (Å²) in [4.78, 5) is 11.9. The number of benzene rings is 1. The van der Waals surface area contributed by atoms with Crippen LogP contribution in [-0.2, 0) is 0 Å². The van der Waals surface area contributed by atoms with E-state index in [2.05, 4.69) is 22.0 Å². The minimum absolute atomic E-state index is 0.0306. The molecule has 4 nitrogen and oxygen atoms in total. The molecule has 4 heteroatoms. The first-order valence-electron chi connectivity index (χ1n) is 7.11. The van der Waals surface area contributed by atoms with Gasteiger partial charge in [0.2, 0.25) is 0 Å². The van der Waals surface area contributed by atoms with Crippen LogP contribution in [0.15, 0.2) is 34.3 Å². The lowest BCUT2D eigenvalue weighted by atomic mass is 9.94. The third-order valence-electron chi connectivity index (χ3n) is 4.36. The first kappa shape index (κ1) is 11.0. The highest BCUT2D eigenvalue weighted by Gasteiger charge is 2.42. The van der Waals surface area contributed by atoms with Crippen molar-refractivity contribution in [1.29, 1.82) is 0 Å². The van der Waals surface area contributed by atoms with Gasteiger partial charge in [-0.05, 0) is 18.9 Å². The van der Waals surface area contributed by atoms with E-state index in [0.717, 1.165) is 18.7 Å². The van der Waals surface area contributed by atoms with E-state index in [-0.39, 0.29) is 12.1 Å². The number of hydrogen-bond acceptors (Lipinski definition) is 4. The van der Waals surface area contributed by atoms with Gasteiger partial charge in [-0.15, -0.1) is 0 Å². The third kappa shape index (κ3) is 1.59. The van der Waals surface area contributed by atoms with Crippen molar-refractivity contribution in [3.05, 3.63) is 29.8 Å². The summed E-state index contributed by atoms with van der Waals surface area (Å²) in [6.07, 6.45) is 4.88. The van der Waals surface area contributed by atoms with E-state index in [1.807, 2.05) is 12.1 Å². The van der Waals surface area contributed by atoms with Crippen molar-refractivity contribution in [2.75, 3.05) is 6.54 Å². The Morgan fingerprint density at radius 1 is 1.16 bits per heavy atom. The van der Waals surface area contributed by atoms with Gasteiger partial charge in [0, 0.05) is 18.5 Å². The SMILES string of the molecule is NC1=Nc2ccccc2C2C1N=C1CCCCCN12. The average molecular weight is 254 g/mol. The summed E-state index contributed by atoms with van der Waals surface area (Å²) in [6.45, 7) is 1.10. The second-order valence-corrected chi connectivity index (χ2v) is 5.53. The minimum atomic E-state index is 0.0306. The maximum Gasteiger partial charge on any atom is 0.134 e. The summed E-state index contributed by atoms with van der Waals surface area (Å²) in [5, 5.41) is 0. The van der Waals surface area contributed by atoms with Gasteiger partial charge in [-0.2, -0.15) is 0 Å². The molecule has 3 aliphatic rings. The molecular weight excluding hydrogens is 236 g/mol. The summed E-state index contributed by atoms with van der Waals surface area (Å²) in [7, 11) is 0. The molecular formula is C15H18N4. The van der Waals surface area contributed by atoms with Crippen molar-refractivity contribution in [3.8, 4) is 0 Å². The Morgan fingerprint density at radius 3 is 3.00 bits per heavy atom. The molecule has 0 aromatic heterocycles. The number of hydrogen-bond donors (Lipinski definition) is 1. The molecule has 0 spiro atoms. The zero-order valence-corrected chi connectivity index (χ0v) is 10.9. The van der Waals surface area contributed by atoms with Crippen LogP contribution in [0.3, 0.4) is 0 Å². The molecule has 1 fully saturated rings. The standard InChI is InChI=1S/C15H18N4/c16-15-13-14(10-6-3-4-7-11(10)17-15)19-9-5-1-2-8-12(19)18-13/h3-4,6-7,13-14H,1-2,5,8-9H2,(H2,16,17). The van der Waals surface area contributed by atoms with Gasteiger partial charge >= 0.3 is 0 Å². The molecule has 3 heterocycles. The van der Waals surface area contributed by atoms with Gasteiger partial charge in [-0.1, -0.05) is 24.6 Å². The molecule has 0 amide bonds. The molecule has 1 saturated heterocycles. The number of aliphatic imine (C=N–C) groups is 2. The molecule has 0 radical (unpaired) electrons. The molecule has 98 valence electrons. The van der Waals surface area contributed by atoms with Crippen molar-refractivity contribution in [3.63, 3.8) is 0 Å². The maximum absolute atomic E-state index is 6.14. The van der Waals surface area contributed by atoms with Crippen molar-refractivity contribution >= 4 is 17.4 Å². The van der Waals surface area contributed by atoms with Crippen LogP contribution in [0.5, 0.6) is 0 Å². The number of para-hydroxylation sites is 1. The lowest BCUT2D eigenvalue weighted by molar-refractivity contribution is 0.329. The van der Waals surface area contributed by atoms with E-state index >= 15 is 0 Å². The molecule has 1 aromatic carbocycles. The van der Waals surface area contributed by atoms with Crippen molar-refractivity contribution in [2.24, 2.45) is 15.7 Å². The highest BCUT2D eigenvalue weighted by Crippen LogP contribution is 2.42. The average Bonchev–Trinajstić information content (AvgIpc) is 2.64. The van der Waals surface area contributed by atoms with Crippen LogP contribution in [0, 0.1) is 0 Å². The molecule has 19 heavy (non-hydrogen) atoms. The van der Waals surface area contributed by atoms with Crippen molar-refractivity contribution in [1.82, 2.24) is 4.90 Å². The summed E-state index contributed by atoms with van der Waals surface area (Å²) in [6, 6.07) is 8.64. The van der Waals surface area contributed by atoms with Crippen LogP contribution < -0.4 is 5.73 Å². The summed E-state index contributed by atoms with van der Waals surface area (Å²) in [5.74, 6) is 1.91. The van der Waals surface area contributed by atoms with Gasteiger partial charge < -0.3 is 10.6 Å². The molecule has 0 saturated carbocycles. The number of rotatable bonds is 0. The molecule has 2 unspecified atom stereocenters. The second-order valence-electron chi connectivity index (χ2n) is 5.53. The van der Waals surface area contributed by atoms with Gasteiger partial charge in [0.25, 0.3) is 0 Å². The van der Waals surface area contributed by atoms with E-state index in [1.165, 1.54) is 30.7 Å². The topological polar surface area (TPSA) is 54.0 Å². The van der Waals surface area contributed by atoms with E-state index in [1.54, 1.807) is 0 Å². The smallest absolute Gasteiger partial charge is 0.134 e. The normalized spacial score (nSPS) is 28.7. The van der Waals surface area contributed by atoms with Crippen LogP contribution in [-0.4, -0.2) is 29.2 Å². The molecule has 1 aromatic rings. The van der Waals surface area contributed by atoms with Gasteiger partial charge in [-0.3, -0.25) is 4.99 Å². The number of fused-ring (bicyclic) bond motifs is 5. The first-order valence-corrected chi connectivity index (χ1v) is 7.11. The van der Waals surface area contributed by atoms with Gasteiger partial charge in [0.1, 0.15) is 17.7 Å². The number of amidine groups is 2. The third-order valence-corrected chi connectivity index (χ3v) is 4.36. The molecule has 0 bridgehead atoms. The predicted octanol–water partition coefficient (Wildman–Crippen LogP) is 2.39. The Morgan fingerprint density at radius 2 is 2.05 bits per heavy atom. The first-order chi connectivity index (χ1) is 9.34. The Hall–Kier alpha value is -1.84. The van der Waals surface area contributed by atoms with Crippen LogP contribution in [0.4, 0.5) is 5.69 Å². The van der Waals surface area contributed by atoms with Gasteiger partial charge in [0.05, 0.1) is 11.7 Å². The van der Waals surface area contributed by atoms with Crippen LogP contribution >= 0.6 is 0 Å². The maximum atomic E-state index is 6.14. The van der Waals surface area contributed by atoms with E-state index < -0.39 is 0 Å². The minimum Gasteiger partial charge on any atom is -0.385 e. The zero-order valence-electron chi connectivity index (χ0n) is 10.9. The summed E-state index contributed by atoms with van der Waals surface area (Å²) >= 11 is 0. The fraction of sp³-hybridized carbons (Fsp3) is 0.467. The highest BCUT2D eigenvalue weighted by molar-refractivity contribution is 5.98. The van der Waals surface area contributed by atoms with Gasteiger partial charge in [-0.25, -0.2) is 4.99 Å². The monoisotopic (exact) mass is 254 g/mol.